The molecule has 3 heterocycles. The highest BCUT2D eigenvalue weighted by atomic mass is 32.1. The number of aromatic nitrogens is 2. The summed E-state index contributed by atoms with van der Waals surface area (Å²) >= 11 is 1.79. The van der Waals surface area contributed by atoms with Crippen LogP contribution in [-0.4, -0.2) is 35.1 Å². The molecule has 21 heavy (non-hydrogen) atoms. The van der Waals surface area contributed by atoms with E-state index >= 15 is 0 Å². The van der Waals surface area contributed by atoms with Gasteiger partial charge in [-0.05, 0) is 30.7 Å². The standard InChI is InChI=1S/C16H22N4S/c1-12-9-21-14-13(12)18-11-19-15(14)20-8-7-17-10-16(20)5-3-2-4-6-16/h9,11,17H,2-8,10H2,1H3. The number of anilines is 1. The van der Waals surface area contributed by atoms with Crippen molar-refractivity contribution in [2.24, 2.45) is 0 Å². The van der Waals surface area contributed by atoms with Gasteiger partial charge < -0.3 is 10.2 Å². The number of piperazine rings is 1. The van der Waals surface area contributed by atoms with Crippen molar-refractivity contribution in [3.05, 3.63) is 17.3 Å². The molecule has 0 bridgehead atoms. The third-order valence-electron chi connectivity index (χ3n) is 5.09. The molecule has 1 N–H and O–H groups in total. The molecule has 1 saturated heterocycles. The lowest BCUT2D eigenvalue weighted by atomic mass is 9.79. The minimum atomic E-state index is 0.273. The second-order valence-corrected chi connectivity index (χ2v) is 7.29. The molecular formula is C16H22N4S. The molecule has 4 rings (SSSR count). The van der Waals surface area contributed by atoms with Gasteiger partial charge in [0.05, 0.1) is 15.8 Å². The summed E-state index contributed by atoms with van der Waals surface area (Å²) in [6.07, 6.45) is 8.39. The van der Waals surface area contributed by atoms with Gasteiger partial charge in [-0.3, -0.25) is 0 Å². The van der Waals surface area contributed by atoms with Gasteiger partial charge in [0.2, 0.25) is 0 Å². The third-order valence-corrected chi connectivity index (χ3v) is 6.17. The SMILES string of the molecule is Cc1csc2c(N3CCNCC34CCCCC4)ncnc12. The minimum absolute atomic E-state index is 0.273. The molecule has 112 valence electrons. The van der Waals surface area contributed by atoms with Crippen molar-refractivity contribution in [3.8, 4) is 0 Å². The van der Waals surface area contributed by atoms with Crippen molar-refractivity contribution >= 4 is 27.4 Å². The first-order valence-electron chi connectivity index (χ1n) is 7.97. The van der Waals surface area contributed by atoms with Gasteiger partial charge in [0, 0.05) is 19.6 Å². The Hall–Kier alpha value is -1.20. The van der Waals surface area contributed by atoms with Gasteiger partial charge in [-0.15, -0.1) is 11.3 Å². The number of rotatable bonds is 1. The Morgan fingerprint density at radius 3 is 2.95 bits per heavy atom. The molecule has 1 saturated carbocycles. The van der Waals surface area contributed by atoms with Crippen LogP contribution in [0, 0.1) is 6.92 Å². The number of thiophene rings is 1. The second-order valence-electron chi connectivity index (χ2n) is 6.41. The van der Waals surface area contributed by atoms with E-state index in [1.54, 1.807) is 17.7 Å². The molecule has 1 spiro atoms. The smallest absolute Gasteiger partial charge is 0.150 e. The van der Waals surface area contributed by atoms with Crippen molar-refractivity contribution in [2.75, 3.05) is 24.5 Å². The average Bonchev–Trinajstić information content (AvgIpc) is 2.91. The van der Waals surface area contributed by atoms with E-state index < -0.39 is 0 Å². The van der Waals surface area contributed by atoms with E-state index in [0.29, 0.717) is 0 Å². The zero-order valence-corrected chi connectivity index (χ0v) is 13.4. The molecule has 5 heteroatoms. The Morgan fingerprint density at radius 1 is 1.24 bits per heavy atom. The number of hydrogen-bond donors (Lipinski definition) is 1. The summed E-state index contributed by atoms with van der Waals surface area (Å²) in [6.45, 7) is 5.35. The molecule has 1 aliphatic carbocycles. The topological polar surface area (TPSA) is 41.0 Å². The maximum Gasteiger partial charge on any atom is 0.150 e. The molecule has 1 aliphatic heterocycles. The van der Waals surface area contributed by atoms with Gasteiger partial charge in [-0.2, -0.15) is 0 Å². The largest absolute Gasteiger partial charge is 0.347 e. The zero-order chi connectivity index (χ0) is 14.3. The number of aryl methyl sites for hydroxylation is 1. The number of nitrogens with zero attached hydrogens (tertiary/aromatic N) is 3. The van der Waals surface area contributed by atoms with Crippen LogP contribution in [0.1, 0.15) is 37.7 Å². The molecule has 2 aromatic heterocycles. The van der Waals surface area contributed by atoms with Gasteiger partial charge in [0.25, 0.3) is 0 Å². The molecule has 0 aromatic carbocycles. The molecule has 0 radical (unpaired) electrons. The minimum Gasteiger partial charge on any atom is -0.347 e. The van der Waals surface area contributed by atoms with E-state index in [1.165, 1.54) is 48.2 Å². The van der Waals surface area contributed by atoms with Crippen molar-refractivity contribution in [2.45, 2.75) is 44.6 Å². The van der Waals surface area contributed by atoms with Crippen LogP contribution in [0.2, 0.25) is 0 Å². The maximum atomic E-state index is 4.69. The first kappa shape index (κ1) is 13.5. The molecule has 0 amide bonds. The fourth-order valence-electron chi connectivity index (χ4n) is 3.98. The fraction of sp³-hybridized carbons (Fsp3) is 0.625. The van der Waals surface area contributed by atoms with E-state index in [1.807, 2.05) is 0 Å². The van der Waals surface area contributed by atoms with Crippen LogP contribution in [0.5, 0.6) is 0 Å². The van der Waals surface area contributed by atoms with E-state index in [4.69, 9.17) is 4.98 Å². The van der Waals surface area contributed by atoms with E-state index in [0.717, 1.165) is 25.2 Å². The Morgan fingerprint density at radius 2 is 2.10 bits per heavy atom. The fourth-order valence-corrected chi connectivity index (χ4v) is 4.98. The summed E-state index contributed by atoms with van der Waals surface area (Å²) in [5.74, 6) is 1.17. The molecule has 4 nitrogen and oxygen atoms in total. The van der Waals surface area contributed by atoms with Crippen LogP contribution < -0.4 is 10.2 Å². The van der Waals surface area contributed by atoms with Crippen LogP contribution >= 0.6 is 11.3 Å². The van der Waals surface area contributed by atoms with Crippen LogP contribution in [0.25, 0.3) is 10.2 Å². The van der Waals surface area contributed by atoms with Crippen LogP contribution in [0.4, 0.5) is 5.82 Å². The van der Waals surface area contributed by atoms with Gasteiger partial charge in [0.15, 0.2) is 5.82 Å². The predicted octanol–water partition coefficient (Wildman–Crippen LogP) is 3.11. The molecular weight excluding hydrogens is 280 g/mol. The Kier molecular flexibility index (Phi) is 3.34. The van der Waals surface area contributed by atoms with Crippen molar-refractivity contribution in [3.63, 3.8) is 0 Å². The van der Waals surface area contributed by atoms with Crippen LogP contribution in [0.3, 0.4) is 0 Å². The predicted molar refractivity (Wildman–Crippen MR) is 88.2 cm³/mol. The highest BCUT2D eigenvalue weighted by Crippen LogP contribution is 2.40. The van der Waals surface area contributed by atoms with Crippen molar-refractivity contribution in [1.82, 2.24) is 15.3 Å². The summed E-state index contributed by atoms with van der Waals surface area (Å²) in [6, 6.07) is 0. The number of nitrogens with one attached hydrogen (secondary N) is 1. The van der Waals surface area contributed by atoms with Crippen LogP contribution in [-0.2, 0) is 0 Å². The monoisotopic (exact) mass is 302 g/mol. The summed E-state index contributed by atoms with van der Waals surface area (Å²) in [5.41, 5.74) is 2.68. The summed E-state index contributed by atoms with van der Waals surface area (Å²) in [7, 11) is 0. The van der Waals surface area contributed by atoms with E-state index in [-0.39, 0.29) is 5.54 Å². The Labute approximate surface area is 129 Å². The van der Waals surface area contributed by atoms with E-state index in [9.17, 15) is 0 Å². The van der Waals surface area contributed by atoms with Crippen molar-refractivity contribution in [1.29, 1.82) is 0 Å². The number of fused-ring (bicyclic) bond motifs is 1. The zero-order valence-electron chi connectivity index (χ0n) is 12.6. The highest BCUT2D eigenvalue weighted by molar-refractivity contribution is 7.18. The number of hydrogen-bond acceptors (Lipinski definition) is 5. The average molecular weight is 302 g/mol. The van der Waals surface area contributed by atoms with Gasteiger partial charge in [-0.1, -0.05) is 19.3 Å². The maximum absolute atomic E-state index is 4.69. The van der Waals surface area contributed by atoms with E-state index in [2.05, 4.69) is 27.5 Å². The van der Waals surface area contributed by atoms with Gasteiger partial charge >= 0.3 is 0 Å². The third kappa shape index (κ3) is 2.14. The normalized spacial score (nSPS) is 22.0. The van der Waals surface area contributed by atoms with Gasteiger partial charge in [0.1, 0.15) is 6.33 Å². The molecule has 0 unspecified atom stereocenters. The van der Waals surface area contributed by atoms with Crippen LogP contribution in [0.15, 0.2) is 11.7 Å². The summed E-state index contributed by atoms with van der Waals surface area (Å²) < 4.78 is 1.27. The Balaban J connectivity index is 1.81. The van der Waals surface area contributed by atoms with Gasteiger partial charge in [-0.25, -0.2) is 9.97 Å². The van der Waals surface area contributed by atoms with Crippen molar-refractivity contribution < 1.29 is 0 Å². The quantitative estimate of drug-likeness (QED) is 0.879. The first-order chi connectivity index (χ1) is 10.3. The first-order valence-corrected chi connectivity index (χ1v) is 8.85. The molecule has 2 aromatic rings. The Bertz CT molecular complexity index is 636. The lowest BCUT2D eigenvalue weighted by Crippen LogP contribution is -2.62. The highest BCUT2D eigenvalue weighted by Gasteiger charge is 2.41. The summed E-state index contributed by atoms with van der Waals surface area (Å²) in [4.78, 5) is 11.8. The molecule has 0 atom stereocenters. The molecule has 2 aliphatic rings. The molecule has 2 fully saturated rings. The lowest BCUT2D eigenvalue weighted by Gasteiger charge is -2.50. The lowest BCUT2D eigenvalue weighted by molar-refractivity contribution is 0.240. The second kappa shape index (κ2) is 5.21. The summed E-state index contributed by atoms with van der Waals surface area (Å²) in [5, 5.41) is 5.82.